The Morgan fingerprint density at radius 1 is 0.328 bits per heavy atom. The van der Waals surface area contributed by atoms with E-state index in [0.717, 1.165) is 109 Å². The third-order valence-corrected chi connectivity index (χ3v) is 11.1. The summed E-state index contributed by atoms with van der Waals surface area (Å²) in [4.78, 5) is 37.9. The van der Waals surface area contributed by atoms with Crippen LogP contribution in [0.25, 0.3) is 0 Å². The Bertz CT molecular complexity index is 1250. The number of rotatable bonds is 47. The second-order valence-electron chi connectivity index (χ2n) is 17.4. The zero-order valence-electron chi connectivity index (χ0n) is 41.8. The summed E-state index contributed by atoms with van der Waals surface area (Å²) in [7, 11) is 0. The monoisotopic (exact) mass is 891 g/mol. The van der Waals surface area contributed by atoms with E-state index in [4.69, 9.17) is 14.2 Å². The van der Waals surface area contributed by atoms with Crippen LogP contribution in [0, 0.1) is 0 Å². The van der Waals surface area contributed by atoms with Crippen molar-refractivity contribution < 1.29 is 28.6 Å². The second-order valence-corrected chi connectivity index (χ2v) is 17.4. The maximum Gasteiger partial charge on any atom is 0.306 e. The Hall–Kier alpha value is -3.41. The smallest absolute Gasteiger partial charge is 0.306 e. The van der Waals surface area contributed by atoms with Crippen molar-refractivity contribution in [1.29, 1.82) is 0 Å². The fourth-order valence-electron chi connectivity index (χ4n) is 7.15. The molecule has 0 saturated carbocycles. The van der Waals surface area contributed by atoms with Gasteiger partial charge in [0.1, 0.15) is 13.2 Å². The highest BCUT2D eigenvalue weighted by molar-refractivity contribution is 5.71. The predicted octanol–water partition coefficient (Wildman–Crippen LogP) is 17.6. The number of hydrogen-bond acceptors (Lipinski definition) is 6. The lowest BCUT2D eigenvalue weighted by Crippen LogP contribution is -2.30. The average Bonchev–Trinajstić information content (AvgIpc) is 3.29. The van der Waals surface area contributed by atoms with Gasteiger partial charge in [-0.1, -0.05) is 215 Å². The molecule has 0 spiro atoms. The Balaban J connectivity index is 4.43. The summed E-state index contributed by atoms with van der Waals surface area (Å²) < 4.78 is 16.7. The molecule has 0 aromatic heterocycles. The van der Waals surface area contributed by atoms with Gasteiger partial charge in [0, 0.05) is 19.3 Å². The number of carbonyl (C=O) groups excluding carboxylic acids is 3. The van der Waals surface area contributed by atoms with Crippen molar-refractivity contribution in [3.63, 3.8) is 0 Å². The van der Waals surface area contributed by atoms with Crippen molar-refractivity contribution in [2.75, 3.05) is 13.2 Å². The first-order valence-electron chi connectivity index (χ1n) is 26.6. The van der Waals surface area contributed by atoms with Gasteiger partial charge in [-0.25, -0.2) is 0 Å². The Morgan fingerprint density at radius 2 is 0.609 bits per heavy atom. The molecule has 0 N–H and O–H groups in total. The van der Waals surface area contributed by atoms with Crippen LogP contribution >= 0.6 is 0 Å². The molecule has 0 rings (SSSR count). The topological polar surface area (TPSA) is 78.9 Å². The molecule has 64 heavy (non-hydrogen) atoms. The fraction of sp³-hybridized carbons (Fsp3) is 0.707. The second kappa shape index (κ2) is 52.2. The SMILES string of the molecule is CC/C=C\C/C=C\C/C=C\C/C=C\C/C=C\C/C=C\CCCCC(=O)OCC(COC(=O)CCCCCCCCCCCC)OC(=O)CCCCCCC/C=C\CCCCCCCC. The van der Waals surface area contributed by atoms with Crippen molar-refractivity contribution in [2.45, 2.75) is 252 Å². The minimum Gasteiger partial charge on any atom is -0.462 e. The summed E-state index contributed by atoms with van der Waals surface area (Å²) >= 11 is 0. The Labute approximate surface area is 395 Å². The van der Waals surface area contributed by atoms with E-state index >= 15 is 0 Å². The van der Waals surface area contributed by atoms with Crippen LogP contribution in [0.2, 0.25) is 0 Å². The fourth-order valence-corrected chi connectivity index (χ4v) is 7.15. The van der Waals surface area contributed by atoms with Crippen molar-refractivity contribution in [3.8, 4) is 0 Å². The van der Waals surface area contributed by atoms with Gasteiger partial charge in [0.25, 0.3) is 0 Å². The quantitative estimate of drug-likeness (QED) is 0.0262. The molecule has 0 saturated heterocycles. The molecule has 6 heteroatoms. The van der Waals surface area contributed by atoms with Crippen LogP contribution < -0.4 is 0 Å². The molecule has 0 radical (unpaired) electrons. The van der Waals surface area contributed by atoms with Crippen LogP contribution in [0.3, 0.4) is 0 Å². The molecule has 6 nitrogen and oxygen atoms in total. The van der Waals surface area contributed by atoms with Gasteiger partial charge >= 0.3 is 17.9 Å². The summed E-state index contributed by atoms with van der Waals surface area (Å²) in [5, 5.41) is 0. The van der Waals surface area contributed by atoms with Crippen LogP contribution in [-0.4, -0.2) is 37.2 Å². The third kappa shape index (κ3) is 49.6. The summed E-state index contributed by atoms with van der Waals surface area (Å²) in [6, 6.07) is 0. The first kappa shape index (κ1) is 60.6. The summed E-state index contributed by atoms with van der Waals surface area (Å²) in [5.41, 5.74) is 0. The minimum atomic E-state index is -0.796. The van der Waals surface area contributed by atoms with Gasteiger partial charge in [0.15, 0.2) is 6.10 Å². The molecule has 0 aliphatic carbocycles. The van der Waals surface area contributed by atoms with E-state index in [9.17, 15) is 14.4 Å². The van der Waals surface area contributed by atoms with Gasteiger partial charge in [-0.3, -0.25) is 14.4 Å². The molecule has 1 unspecified atom stereocenters. The first-order chi connectivity index (χ1) is 31.5. The van der Waals surface area contributed by atoms with Gasteiger partial charge in [-0.05, 0) is 96.3 Å². The number of hydrogen-bond donors (Lipinski definition) is 0. The lowest BCUT2D eigenvalue weighted by molar-refractivity contribution is -0.167. The molecule has 1 atom stereocenters. The maximum absolute atomic E-state index is 12.8. The molecule has 0 fully saturated rings. The molecule has 0 amide bonds. The zero-order valence-corrected chi connectivity index (χ0v) is 41.8. The van der Waals surface area contributed by atoms with Crippen LogP contribution in [0.5, 0.6) is 0 Å². The van der Waals surface area contributed by atoms with Gasteiger partial charge in [-0.2, -0.15) is 0 Å². The lowest BCUT2D eigenvalue weighted by atomic mass is 10.1. The van der Waals surface area contributed by atoms with Crippen LogP contribution in [0.1, 0.15) is 245 Å². The number of allylic oxidation sites excluding steroid dienone is 14. The third-order valence-electron chi connectivity index (χ3n) is 11.1. The van der Waals surface area contributed by atoms with E-state index < -0.39 is 6.10 Å². The molecule has 0 bridgehead atoms. The summed E-state index contributed by atoms with van der Waals surface area (Å²) in [6.45, 7) is 6.46. The van der Waals surface area contributed by atoms with E-state index in [0.29, 0.717) is 19.3 Å². The van der Waals surface area contributed by atoms with Gasteiger partial charge in [0.05, 0.1) is 0 Å². The molecule has 0 heterocycles. The highest BCUT2D eigenvalue weighted by Crippen LogP contribution is 2.14. The normalized spacial score (nSPS) is 12.7. The Morgan fingerprint density at radius 3 is 1.00 bits per heavy atom. The van der Waals surface area contributed by atoms with E-state index in [2.05, 4.69) is 106 Å². The van der Waals surface area contributed by atoms with Gasteiger partial charge in [-0.15, -0.1) is 0 Å². The number of esters is 3. The molecular formula is C58H98O6. The van der Waals surface area contributed by atoms with Crippen molar-refractivity contribution >= 4 is 17.9 Å². The van der Waals surface area contributed by atoms with E-state index in [-0.39, 0.29) is 31.1 Å². The molecule has 0 aliphatic rings. The molecule has 0 aromatic carbocycles. The van der Waals surface area contributed by atoms with Crippen LogP contribution in [-0.2, 0) is 28.6 Å². The minimum absolute atomic E-state index is 0.0926. The highest BCUT2D eigenvalue weighted by atomic mass is 16.6. The summed E-state index contributed by atoms with van der Waals surface area (Å²) in [6.07, 6.45) is 67.1. The van der Waals surface area contributed by atoms with E-state index in [1.165, 1.54) is 96.3 Å². The number of unbranched alkanes of at least 4 members (excludes halogenated alkanes) is 22. The average molecular weight is 891 g/mol. The van der Waals surface area contributed by atoms with Crippen molar-refractivity contribution in [2.24, 2.45) is 0 Å². The highest BCUT2D eigenvalue weighted by Gasteiger charge is 2.19. The number of ether oxygens (including phenoxy) is 3. The Kier molecular flexibility index (Phi) is 49.4. The standard InChI is InChI=1S/C58H98O6/c1-4-7-10-13-16-19-22-24-26-27-28-29-30-31-33-34-36-39-42-45-48-51-57(60)63-54-55(53-62-56(59)50-47-44-41-38-21-18-15-12-9-6-3)64-58(61)52-49-46-43-40-37-35-32-25-23-20-17-14-11-8-5-2/h7,10,16,19,24-26,28-29,31-33,36,39,55H,4-6,8-9,11-15,17-18,20-23,27,30,34-35,37-38,40-54H2,1-3H3/b10-7-,19-16-,26-24-,29-28-,32-25-,33-31-,39-36-. The van der Waals surface area contributed by atoms with Crippen LogP contribution in [0.4, 0.5) is 0 Å². The van der Waals surface area contributed by atoms with E-state index in [1.54, 1.807) is 0 Å². The van der Waals surface area contributed by atoms with Crippen molar-refractivity contribution in [1.82, 2.24) is 0 Å². The van der Waals surface area contributed by atoms with Crippen LogP contribution in [0.15, 0.2) is 85.1 Å². The first-order valence-corrected chi connectivity index (χ1v) is 26.6. The molecule has 0 aromatic rings. The molecule has 0 aliphatic heterocycles. The number of carbonyl (C=O) groups is 3. The van der Waals surface area contributed by atoms with E-state index in [1.807, 2.05) is 0 Å². The largest absolute Gasteiger partial charge is 0.462 e. The molecule has 366 valence electrons. The maximum atomic E-state index is 12.8. The zero-order chi connectivity index (χ0) is 46.5. The van der Waals surface area contributed by atoms with Gasteiger partial charge in [0.2, 0.25) is 0 Å². The van der Waals surface area contributed by atoms with Gasteiger partial charge < -0.3 is 14.2 Å². The predicted molar refractivity (Wildman–Crippen MR) is 274 cm³/mol. The van der Waals surface area contributed by atoms with Crippen molar-refractivity contribution in [3.05, 3.63) is 85.1 Å². The molecular weight excluding hydrogens is 793 g/mol. The summed E-state index contributed by atoms with van der Waals surface area (Å²) in [5.74, 6) is -0.947. The lowest BCUT2D eigenvalue weighted by Gasteiger charge is -2.18.